The Hall–Kier alpha value is -2.55. The third-order valence-electron chi connectivity index (χ3n) is 3.96. The third-order valence-corrected chi connectivity index (χ3v) is 3.96. The number of primary amides is 1. The maximum Gasteiger partial charge on any atom is 0.260 e. The summed E-state index contributed by atoms with van der Waals surface area (Å²) in [6, 6.07) is 8.83. The van der Waals surface area contributed by atoms with Gasteiger partial charge in [-0.15, -0.1) is 0 Å². The van der Waals surface area contributed by atoms with Crippen LogP contribution in [0.4, 0.5) is 0 Å². The minimum absolute atomic E-state index is 0.0536. The van der Waals surface area contributed by atoms with Crippen molar-refractivity contribution in [3.05, 3.63) is 29.8 Å². The number of carbonyl (C=O) groups is 2. The zero-order chi connectivity index (χ0) is 16.1. The van der Waals surface area contributed by atoms with Crippen molar-refractivity contribution in [2.24, 2.45) is 11.7 Å². The van der Waals surface area contributed by atoms with E-state index in [1.807, 2.05) is 13.0 Å². The van der Waals surface area contributed by atoms with Gasteiger partial charge in [0.2, 0.25) is 5.91 Å². The number of likely N-dealkylation sites (tertiary alicyclic amines) is 1. The molecular formula is C16H19N3O3. The number of nitrogens with two attached hydrogens (primary N) is 1. The summed E-state index contributed by atoms with van der Waals surface area (Å²) in [5.41, 5.74) is 5.72. The summed E-state index contributed by atoms with van der Waals surface area (Å²) in [5, 5.41) is 8.99. The molecule has 1 fully saturated rings. The molecule has 0 bridgehead atoms. The van der Waals surface area contributed by atoms with Gasteiger partial charge in [-0.05, 0) is 31.9 Å². The second-order valence-electron chi connectivity index (χ2n) is 5.47. The number of nitriles is 1. The van der Waals surface area contributed by atoms with E-state index in [4.69, 9.17) is 15.7 Å². The smallest absolute Gasteiger partial charge is 0.260 e. The third kappa shape index (κ3) is 3.55. The molecule has 116 valence electrons. The van der Waals surface area contributed by atoms with E-state index >= 15 is 0 Å². The first-order valence-corrected chi connectivity index (χ1v) is 7.23. The van der Waals surface area contributed by atoms with Crippen LogP contribution in [-0.2, 0) is 9.59 Å². The van der Waals surface area contributed by atoms with Crippen LogP contribution >= 0.6 is 0 Å². The average Bonchev–Trinajstić information content (AvgIpc) is 2.53. The number of hydrogen-bond donors (Lipinski definition) is 1. The van der Waals surface area contributed by atoms with Crippen LogP contribution < -0.4 is 10.5 Å². The zero-order valence-corrected chi connectivity index (χ0v) is 12.5. The number of benzene rings is 1. The summed E-state index contributed by atoms with van der Waals surface area (Å²) in [4.78, 5) is 25.3. The monoisotopic (exact) mass is 301 g/mol. The number of ether oxygens (including phenoxy) is 1. The predicted octanol–water partition coefficient (Wildman–Crippen LogP) is 1.05. The summed E-state index contributed by atoms with van der Waals surface area (Å²) in [6.07, 6.45) is 1.45. The summed E-state index contributed by atoms with van der Waals surface area (Å²) in [7, 11) is 0. The molecule has 2 rings (SSSR count). The maximum atomic E-state index is 12.3. The molecule has 1 saturated heterocycles. The van der Waals surface area contributed by atoms with Gasteiger partial charge in [0.25, 0.3) is 5.91 Å². The van der Waals surface area contributed by atoms with E-state index in [9.17, 15) is 9.59 Å². The van der Waals surface area contributed by atoms with Crippen LogP contribution in [0.2, 0.25) is 0 Å². The Labute approximate surface area is 129 Å². The van der Waals surface area contributed by atoms with Crippen LogP contribution in [0.25, 0.3) is 0 Å². The fourth-order valence-electron chi connectivity index (χ4n) is 2.59. The van der Waals surface area contributed by atoms with Gasteiger partial charge in [0.15, 0.2) is 6.61 Å². The molecule has 0 unspecified atom stereocenters. The highest BCUT2D eigenvalue weighted by molar-refractivity contribution is 5.81. The highest BCUT2D eigenvalue weighted by atomic mass is 16.5. The SMILES string of the molecule is C[C@@H]1CC[C@@H](C(N)=O)CN1C(=O)COc1ccccc1C#N. The van der Waals surface area contributed by atoms with Gasteiger partial charge in [-0.1, -0.05) is 12.1 Å². The van der Waals surface area contributed by atoms with Crippen molar-refractivity contribution in [3.8, 4) is 11.8 Å². The van der Waals surface area contributed by atoms with Crippen LogP contribution in [0, 0.1) is 17.2 Å². The van der Waals surface area contributed by atoms with Crippen LogP contribution in [0.15, 0.2) is 24.3 Å². The Balaban J connectivity index is 1.99. The topological polar surface area (TPSA) is 96.4 Å². The number of nitrogens with zero attached hydrogens (tertiary/aromatic N) is 2. The predicted molar refractivity (Wildman–Crippen MR) is 79.7 cm³/mol. The van der Waals surface area contributed by atoms with E-state index in [1.165, 1.54) is 0 Å². The van der Waals surface area contributed by atoms with E-state index in [-0.39, 0.29) is 30.4 Å². The highest BCUT2D eigenvalue weighted by Crippen LogP contribution is 2.22. The number of piperidine rings is 1. The van der Waals surface area contributed by atoms with Gasteiger partial charge in [0, 0.05) is 12.6 Å². The van der Waals surface area contributed by atoms with Crippen molar-refractivity contribution < 1.29 is 14.3 Å². The summed E-state index contributed by atoms with van der Waals surface area (Å²) in [6.45, 7) is 2.12. The van der Waals surface area contributed by atoms with Crippen molar-refractivity contribution >= 4 is 11.8 Å². The molecule has 6 heteroatoms. The fraction of sp³-hybridized carbons (Fsp3) is 0.438. The molecule has 1 aliphatic rings. The number of hydrogen-bond acceptors (Lipinski definition) is 4. The van der Waals surface area contributed by atoms with Gasteiger partial charge < -0.3 is 15.4 Å². The number of rotatable bonds is 4. The fourth-order valence-corrected chi connectivity index (χ4v) is 2.59. The van der Waals surface area contributed by atoms with E-state index in [1.54, 1.807) is 29.2 Å². The van der Waals surface area contributed by atoms with Crippen LogP contribution in [-0.4, -0.2) is 35.9 Å². The summed E-state index contributed by atoms with van der Waals surface area (Å²) < 4.78 is 5.46. The summed E-state index contributed by atoms with van der Waals surface area (Å²) in [5.74, 6) is -0.493. The molecule has 2 atom stereocenters. The van der Waals surface area contributed by atoms with Crippen LogP contribution in [0.5, 0.6) is 5.75 Å². The molecule has 1 aliphatic heterocycles. The van der Waals surface area contributed by atoms with Gasteiger partial charge in [-0.2, -0.15) is 5.26 Å². The first-order valence-electron chi connectivity index (χ1n) is 7.23. The molecule has 1 heterocycles. The van der Waals surface area contributed by atoms with Gasteiger partial charge in [0.05, 0.1) is 11.5 Å². The quantitative estimate of drug-likeness (QED) is 0.899. The van der Waals surface area contributed by atoms with E-state index in [2.05, 4.69) is 0 Å². The van der Waals surface area contributed by atoms with Crippen LogP contribution in [0.3, 0.4) is 0 Å². The number of carbonyl (C=O) groups excluding carboxylic acids is 2. The lowest BCUT2D eigenvalue weighted by Crippen LogP contribution is -2.50. The van der Waals surface area contributed by atoms with E-state index in [0.29, 0.717) is 24.3 Å². The highest BCUT2D eigenvalue weighted by Gasteiger charge is 2.31. The Morgan fingerprint density at radius 2 is 2.14 bits per heavy atom. The largest absolute Gasteiger partial charge is 0.482 e. The molecular weight excluding hydrogens is 282 g/mol. The minimum atomic E-state index is -0.375. The van der Waals surface area contributed by atoms with Crippen LogP contribution in [0.1, 0.15) is 25.3 Å². The molecule has 2 N–H and O–H groups in total. The van der Waals surface area contributed by atoms with Gasteiger partial charge in [-0.3, -0.25) is 9.59 Å². The lowest BCUT2D eigenvalue weighted by atomic mass is 9.93. The lowest BCUT2D eigenvalue weighted by molar-refractivity contribution is -0.139. The van der Waals surface area contributed by atoms with Crippen molar-refractivity contribution in [1.82, 2.24) is 4.90 Å². The molecule has 2 amide bonds. The van der Waals surface area contributed by atoms with E-state index < -0.39 is 0 Å². The summed E-state index contributed by atoms with van der Waals surface area (Å²) >= 11 is 0. The minimum Gasteiger partial charge on any atom is -0.482 e. The molecule has 0 aromatic heterocycles. The van der Waals surface area contributed by atoms with Crippen molar-refractivity contribution in [2.75, 3.05) is 13.2 Å². The first kappa shape index (κ1) is 15.8. The van der Waals surface area contributed by atoms with Gasteiger partial charge >= 0.3 is 0 Å². The number of amides is 2. The zero-order valence-electron chi connectivity index (χ0n) is 12.5. The van der Waals surface area contributed by atoms with Crippen molar-refractivity contribution in [3.63, 3.8) is 0 Å². The molecule has 1 aromatic carbocycles. The molecule has 0 saturated carbocycles. The first-order chi connectivity index (χ1) is 10.5. The Kier molecular flexibility index (Phi) is 4.99. The standard InChI is InChI=1S/C16H19N3O3/c1-11-6-7-13(16(18)21)9-19(11)15(20)10-22-14-5-3-2-4-12(14)8-17/h2-5,11,13H,6-7,9-10H2,1H3,(H2,18,21)/t11-,13-/m1/s1. The van der Waals surface area contributed by atoms with Crippen molar-refractivity contribution in [1.29, 1.82) is 5.26 Å². The van der Waals surface area contributed by atoms with E-state index in [0.717, 1.165) is 6.42 Å². The Bertz CT molecular complexity index is 609. The normalized spacial score (nSPS) is 21.0. The molecule has 6 nitrogen and oxygen atoms in total. The molecule has 0 aliphatic carbocycles. The van der Waals surface area contributed by atoms with Gasteiger partial charge in [0.1, 0.15) is 11.8 Å². The Morgan fingerprint density at radius 1 is 1.41 bits per heavy atom. The maximum absolute atomic E-state index is 12.3. The molecule has 1 aromatic rings. The van der Waals surface area contributed by atoms with Crippen molar-refractivity contribution in [2.45, 2.75) is 25.8 Å². The Morgan fingerprint density at radius 3 is 2.82 bits per heavy atom. The lowest BCUT2D eigenvalue weighted by Gasteiger charge is -2.36. The van der Waals surface area contributed by atoms with Gasteiger partial charge in [-0.25, -0.2) is 0 Å². The molecule has 0 radical (unpaired) electrons. The molecule has 0 spiro atoms. The number of para-hydroxylation sites is 1. The molecule has 22 heavy (non-hydrogen) atoms. The second kappa shape index (κ2) is 6.94. The second-order valence-corrected chi connectivity index (χ2v) is 5.47. The average molecular weight is 301 g/mol.